The smallest absolute Gasteiger partial charge is 0.194 e. The van der Waals surface area contributed by atoms with E-state index in [1.807, 2.05) is 6.92 Å². The predicted molar refractivity (Wildman–Crippen MR) is 127 cm³/mol. The number of rotatable bonds is 9. The molecule has 0 spiro atoms. The molecule has 1 N–H and O–H groups in total. The van der Waals surface area contributed by atoms with E-state index < -0.39 is 0 Å². The van der Waals surface area contributed by atoms with Crippen LogP contribution in [0.4, 0.5) is 0 Å². The Hall–Kier alpha value is -1.19. The fourth-order valence-electron chi connectivity index (χ4n) is 2.77. The number of guanidine groups is 1. The third-order valence-electron chi connectivity index (χ3n) is 4.02. The number of hydrogen-bond donors (Lipinski definition) is 1. The maximum Gasteiger partial charge on any atom is 0.194 e. The van der Waals surface area contributed by atoms with Crippen LogP contribution in [-0.2, 0) is 13.1 Å². The number of thiazole rings is 1. The Morgan fingerprint density at radius 2 is 1.93 bits per heavy atom. The average molecular weight is 501 g/mol. The van der Waals surface area contributed by atoms with Crippen molar-refractivity contribution in [3.05, 3.63) is 52.0 Å². The van der Waals surface area contributed by atoms with E-state index in [0.29, 0.717) is 0 Å². The lowest BCUT2D eigenvalue weighted by Crippen LogP contribution is -2.38. The van der Waals surface area contributed by atoms with Crippen molar-refractivity contribution < 1.29 is 0 Å². The van der Waals surface area contributed by atoms with Crippen molar-refractivity contribution in [2.24, 2.45) is 4.99 Å². The van der Waals surface area contributed by atoms with Crippen LogP contribution in [0.25, 0.3) is 0 Å². The number of nitrogens with zero attached hydrogens (tertiary/aromatic N) is 4. The molecule has 0 aliphatic rings. The van der Waals surface area contributed by atoms with Gasteiger partial charge in [-0.05, 0) is 39.4 Å². The summed E-state index contributed by atoms with van der Waals surface area (Å²) < 4.78 is 0. The van der Waals surface area contributed by atoms with Crippen LogP contribution < -0.4 is 5.32 Å². The van der Waals surface area contributed by atoms with Crippen LogP contribution in [-0.4, -0.2) is 54.5 Å². The summed E-state index contributed by atoms with van der Waals surface area (Å²) in [5.74, 6) is 0.948. The second-order valence-electron chi connectivity index (χ2n) is 6.53. The van der Waals surface area contributed by atoms with Crippen molar-refractivity contribution in [2.45, 2.75) is 33.4 Å². The summed E-state index contributed by atoms with van der Waals surface area (Å²) in [6, 6.07) is 10.6. The fraction of sp³-hybridized carbons (Fsp3) is 0.500. The zero-order chi connectivity index (χ0) is 18.8. The highest BCUT2D eigenvalue weighted by Crippen LogP contribution is 2.10. The Balaban J connectivity index is 0.00000364. The molecule has 0 aliphatic heterocycles. The lowest BCUT2D eigenvalue weighted by atomic mass is 10.2. The van der Waals surface area contributed by atoms with Crippen molar-refractivity contribution in [3.8, 4) is 0 Å². The molecule has 0 saturated carbocycles. The van der Waals surface area contributed by atoms with Gasteiger partial charge < -0.3 is 15.1 Å². The molecule has 1 heterocycles. The molecule has 27 heavy (non-hydrogen) atoms. The number of aryl methyl sites for hydroxylation is 1. The van der Waals surface area contributed by atoms with Gasteiger partial charge in [-0.1, -0.05) is 30.3 Å². The molecule has 1 aromatic heterocycles. The summed E-state index contributed by atoms with van der Waals surface area (Å²) in [6.07, 6.45) is 1.04. The van der Waals surface area contributed by atoms with Crippen LogP contribution >= 0.6 is 35.3 Å². The van der Waals surface area contributed by atoms with Gasteiger partial charge in [-0.25, -0.2) is 4.98 Å². The molecule has 7 heteroatoms. The molecule has 2 aromatic rings. The molecule has 0 bridgehead atoms. The molecule has 0 fully saturated rings. The van der Waals surface area contributed by atoms with Crippen LogP contribution in [0.1, 0.15) is 29.6 Å². The first-order valence-corrected chi connectivity index (χ1v) is 10.1. The van der Waals surface area contributed by atoms with E-state index in [4.69, 9.17) is 4.99 Å². The molecule has 0 radical (unpaired) electrons. The zero-order valence-electron chi connectivity index (χ0n) is 16.8. The van der Waals surface area contributed by atoms with Gasteiger partial charge in [0.2, 0.25) is 0 Å². The normalized spacial score (nSPS) is 11.4. The second kappa shape index (κ2) is 13.1. The Morgan fingerprint density at radius 3 is 2.56 bits per heavy atom. The van der Waals surface area contributed by atoms with Crippen molar-refractivity contribution in [2.75, 3.05) is 33.7 Å². The summed E-state index contributed by atoms with van der Waals surface area (Å²) in [6.45, 7) is 8.63. The third kappa shape index (κ3) is 9.03. The lowest BCUT2D eigenvalue weighted by Gasteiger charge is -2.21. The van der Waals surface area contributed by atoms with Gasteiger partial charge in [-0.15, -0.1) is 35.3 Å². The fourth-order valence-corrected chi connectivity index (χ4v) is 3.37. The minimum Gasteiger partial charge on any atom is -0.357 e. The first kappa shape index (κ1) is 23.8. The molecule has 0 saturated heterocycles. The van der Waals surface area contributed by atoms with Gasteiger partial charge in [-0.2, -0.15) is 0 Å². The number of halogens is 1. The number of hydrogen-bond acceptors (Lipinski definition) is 4. The lowest BCUT2D eigenvalue weighted by molar-refractivity contribution is 0.324. The van der Waals surface area contributed by atoms with E-state index in [-0.39, 0.29) is 24.0 Å². The molecule has 0 aliphatic carbocycles. The molecule has 150 valence electrons. The van der Waals surface area contributed by atoms with Gasteiger partial charge >= 0.3 is 0 Å². The summed E-state index contributed by atoms with van der Waals surface area (Å²) in [4.78, 5) is 13.8. The second-order valence-corrected chi connectivity index (χ2v) is 7.59. The SMILES string of the molecule is CCNC(=NCCCN(C)Cc1ccccc1)N(C)Cc1csc(C)n1.I. The molecule has 5 nitrogen and oxygen atoms in total. The minimum atomic E-state index is 0. The highest BCUT2D eigenvalue weighted by molar-refractivity contribution is 14.0. The Labute approximate surface area is 184 Å². The van der Waals surface area contributed by atoms with Gasteiger partial charge in [-0.3, -0.25) is 4.99 Å². The standard InChI is InChI=1S/C20H31N5S.HI/c1-5-21-20(25(4)15-19-16-26-17(2)23-19)22-12-9-13-24(3)14-18-10-7-6-8-11-18;/h6-8,10-11,16H,5,9,12-15H2,1-4H3,(H,21,22);1H. The Morgan fingerprint density at radius 1 is 1.19 bits per heavy atom. The summed E-state index contributed by atoms with van der Waals surface area (Å²) in [5, 5.41) is 6.60. The van der Waals surface area contributed by atoms with Crippen LogP contribution in [0.5, 0.6) is 0 Å². The first-order valence-electron chi connectivity index (χ1n) is 9.21. The largest absolute Gasteiger partial charge is 0.357 e. The molecular weight excluding hydrogens is 469 g/mol. The Kier molecular flexibility index (Phi) is 11.5. The Bertz CT molecular complexity index is 674. The molecule has 0 atom stereocenters. The van der Waals surface area contributed by atoms with E-state index in [1.165, 1.54) is 5.56 Å². The van der Waals surface area contributed by atoms with Crippen molar-refractivity contribution in [1.29, 1.82) is 0 Å². The highest BCUT2D eigenvalue weighted by atomic mass is 127. The van der Waals surface area contributed by atoms with E-state index in [2.05, 4.69) is 76.8 Å². The highest BCUT2D eigenvalue weighted by Gasteiger charge is 2.08. The van der Waals surface area contributed by atoms with Gasteiger partial charge in [0.15, 0.2) is 5.96 Å². The summed E-state index contributed by atoms with van der Waals surface area (Å²) in [7, 11) is 4.23. The van der Waals surface area contributed by atoms with Gasteiger partial charge in [0, 0.05) is 32.1 Å². The first-order chi connectivity index (χ1) is 12.6. The molecule has 2 rings (SSSR count). The number of aromatic nitrogens is 1. The van der Waals surface area contributed by atoms with Gasteiger partial charge in [0.1, 0.15) is 0 Å². The number of benzene rings is 1. The molecule has 0 amide bonds. The third-order valence-corrected chi connectivity index (χ3v) is 4.84. The summed E-state index contributed by atoms with van der Waals surface area (Å²) in [5.41, 5.74) is 2.45. The summed E-state index contributed by atoms with van der Waals surface area (Å²) >= 11 is 1.69. The monoisotopic (exact) mass is 501 g/mol. The zero-order valence-corrected chi connectivity index (χ0v) is 20.0. The molecular formula is C20H32IN5S. The van der Waals surface area contributed by atoms with Gasteiger partial charge in [0.25, 0.3) is 0 Å². The van der Waals surface area contributed by atoms with E-state index >= 15 is 0 Å². The van der Waals surface area contributed by atoms with E-state index in [1.54, 1.807) is 11.3 Å². The molecule has 1 aromatic carbocycles. The van der Waals surface area contributed by atoms with Crippen molar-refractivity contribution in [3.63, 3.8) is 0 Å². The quantitative estimate of drug-likeness (QED) is 0.244. The topological polar surface area (TPSA) is 43.8 Å². The van der Waals surface area contributed by atoms with E-state index in [9.17, 15) is 0 Å². The van der Waals surface area contributed by atoms with Crippen molar-refractivity contribution in [1.82, 2.24) is 20.1 Å². The van der Waals surface area contributed by atoms with Crippen LogP contribution in [0.3, 0.4) is 0 Å². The average Bonchev–Trinajstić information content (AvgIpc) is 3.03. The minimum absolute atomic E-state index is 0. The predicted octanol–water partition coefficient (Wildman–Crippen LogP) is 3.99. The number of aliphatic imine (C=N–C) groups is 1. The van der Waals surface area contributed by atoms with E-state index in [0.717, 1.165) is 55.8 Å². The van der Waals surface area contributed by atoms with Crippen LogP contribution in [0.15, 0.2) is 40.7 Å². The maximum atomic E-state index is 4.78. The molecule has 0 unspecified atom stereocenters. The number of nitrogens with one attached hydrogen (secondary N) is 1. The van der Waals surface area contributed by atoms with Gasteiger partial charge in [0.05, 0.1) is 17.2 Å². The van der Waals surface area contributed by atoms with Crippen molar-refractivity contribution >= 4 is 41.3 Å². The van der Waals surface area contributed by atoms with Crippen LogP contribution in [0, 0.1) is 6.92 Å². The van der Waals surface area contributed by atoms with Crippen LogP contribution in [0.2, 0.25) is 0 Å². The maximum absolute atomic E-state index is 4.78.